The molecule has 0 saturated heterocycles. The Labute approximate surface area is 159 Å². The zero-order chi connectivity index (χ0) is 20.3. The first-order valence-electron chi connectivity index (χ1n) is 8.54. The smallest absolute Gasteiger partial charge is 0.324 e. The second-order valence-electron chi connectivity index (χ2n) is 7.29. The van der Waals surface area contributed by atoms with E-state index < -0.39 is 29.2 Å². The van der Waals surface area contributed by atoms with Crippen LogP contribution in [-0.2, 0) is 0 Å². The topological polar surface area (TPSA) is 78.1 Å². The van der Waals surface area contributed by atoms with Crippen LogP contribution in [0.25, 0.3) is 0 Å². The van der Waals surface area contributed by atoms with E-state index in [1.807, 2.05) is 0 Å². The van der Waals surface area contributed by atoms with Crippen molar-refractivity contribution < 1.29 is 32.5 Å². The molecule has 2 amide bonds. The average molecular weight is 392 g/mol. The number of urea groups is 1. The van der Waals surface area contributed by atoms with Gasteiger partial charge >= 0.3 is 6.03 Å². The van der Waals surface area contributed by atoms with Crippen LogP contribution in [0.15, 0.2) is 24.3 Å². The highest BCUT2D eigenvalue weighted by Crippen LogP contribution is 2.47. The fraction of sp³-hybridized carbons (Fsp3) is 0.316. The van der Waals surface area contributed by atoms with Gasteiger partial charge in [-0.05, 0) is 24.3 Å². The lowest BCUT2D eigenvalue weighted by molar-refractivity contribution is -0.0434. The summed E-state index contributed by atoms with van der Waals surface area (Å²) in [6.07, 6.45) is 0. The first-order chi connectivity index (χ1) is 13.0. The van der Waals surface area contributed by atoms with Crippen molar-refractivity contribution in [2.24, 2.45) is 0 Å². The summed E-state index contributed by atoms with van der Waals surface area (Å²) < 4.78 is 50.8. The molecule has 28 heavy (non-hydrogen) atoms. The van der Waals surface area contributed by atoms with Gasteiger partial charge in [-0.15, -0.1) is 0 Å². The number of fused-ring (bicyclic) bond motifs is 2. The standard InChI is InChI=1S/C19H18F2N2O5/c1-18(2)25-11-7-5-9(20)13(15(11)27-18)22-17(24)23-14-10(21)6-8-12-16(14)28-19(3,4)26-12/h5-8H,1-4H3,(H2,22,23,24). The van der Waals surface area contributed by atoms with Gasteiger partial charge in [-0.3, -0.25) is 0 Å². The van der Waals surface area contributed by atoms with Crippen molar-refractivity contribution in [1.82, 2.24) is 0 Å². The predicted molar refractivity (Wildman–Crippen MR) is 96.1 cm³/mol. The van der Waals surface area contributed by atoms with E-state index in [1.165, 1.54) is 12.1 Å². The molecule has 0 atom stereocenters. The molecule has 0 radical (unpaired) electrons. The van der Waals surface area contributed by atoms with Crippen LogP contribution in [0.4, 0.5) is 25.0 Å². The molecule has 0 fully saturated rings. The van der Waals surface area contributed by atoms with Gasteiger partial charge in [-0.2, -0.15) is 0 Å². The molecule has 2 heterocycles. The third-order valence-electron chi connectivity index (χ3n) is 4.03. The molecular formula is C19H18F2N2O5. The SMILES string of the molecule is CC1(C)Oc2ccc(F)c(NC(=O)Nc3c(F)ccc4c3OC(C)(C)O4)c2O1. The van der Waals surface area contributed by atoms with Gasteiger partial charge in [0.2, 0.25) is 11.6 Å². The maximum Gasteiger partial charge on any atom is 0.324 e. The van der Waals surface area contributed by atoms with E-state index in [2.05, 4.69) is 10.6 Å². The third kappa shape index (κ3) is 3.12. The Bertz CT molecular complexity index is 913. The number of benzene rings is 2. The van der Waals surface area contributed by atoms with E-state index in [0.717, 1.165) is 12.1 Å². The number of hydrogen-bond donors (Lipinski definition) is 2. The van der Waals surface area contributed by atoms with Gasteiger partial charge in [0.1, 0.15) is 11.4 Å². The van der Waals surface area contributed by atoms with E-state index in [0.29, 0.717) is 0 Å². The lowest BCUT2D eigenvalue weighted by Crippen LogP contribution is -2.30. The molecule has 2 aromatic carbocycles. The number of rotatable bonds is 2. The monoisotopic (exact) mass is 392 g/mol. The van der Waals surface area contributed by atoms with Crippen LogP contribution in [0.1, 0.15) is 27.7 Å². The summed E-state index contributed by atoms with van der Waals surface area (Å²) in [4.78, 5) is 12.5. The number of halogens is 2. The molecule has 2 aliphatic rings. The number of anilines is 2. The fourth-order valence-electron chi connectivity index (χ4n) is 3.00. The van der Waals surface area contributed by atoms with Crippen LogP contribution < -0.4 is 29.6 Å². The van der Waals surface area contributed by atoms with Gasteiger partial charge in [0, 0.05) is 27.7 Å². The number of amides is 2. The summed E-state index contributed by atoms with van der Waals surface area (Å²) >= 11 is 0. The third-order valence-corrected chi connectivity index (χ3v) is 4.03. The highest BCUT2D eigenvalue weighted by molar-refractivity contribution is 6.02. The molecule has 0 aromatic heterocycles. The van der Waals surface area contributed by atoms with Gasteiger partial charge in [0.05, 0.1) is 0 Å². The molecule has 2 aromatic rings. The normalized spacial score (nSPS) is 17.4. The van der Waals surface area contributed by atoms with Crippen molar-refractivity contribution in [3.63, 3.8) is 0 Å². The lowest BCUT2D eigenvalue weighted by atomic mass is 10.2. The average Bonchev–Trinajstić information content (AvgIpc) is 3.07. The van der Waals surface area contributed by atoms with E-state index >= 15 is 0 Å². The molecule has 2 aliphatic heterocycles. The fourth-order valence-corrected chi connectivity index (χ4v) is 3.00. The van der Waals surface area contributed by atoms with Crippen LogP contribution in [0.3, 0.4) is 0 Å². The Morgan fingerprint density at radius 2 is 1.14 bits per heavy atom. The minimum Gasteiger partial charge on any atom is -0.449 e. The lowest BCUT2D eigenvalue weighted by Gasteiger charge is -2.17. The van der Waals surface area contributed by atoms with Crippen molar-refractivity contribution in [3.8, 4) is 23.0 Å². The maximum absolute atomic E-state index is 14.3. The van der Waals surface area contributed by atoms with E-state index in [4.69, 9.17) is 18.9 Å². The van der Waals surface area contributed by atoms with Crippen LogP contribution in [-0.4, -0.2) is 17.6 Å². The van der Waals surface area contributed by atoms with Crippen LogP contribution >= 0.6 is 0 Å². The Hall–Kier alpha value is -3.23. The quantitative estimate of drug-likeness (QED) is 0.780. The zero-order valence-corrected chi connectivity index (χ0v) is 15.6. The summed E-state index contributed by atoms with van der Waals surface area (Å²) in [5.74, 6) is -2.79. The van der Waals surface area contributed by atoms with Crippen LogP contribution in [0.2, 0.25) is 0 Å². The summed E-state index contributed by atoms with van der Waals surface area (Å²) in [7, 11) is 0. The van der Waals surface area contributed by atoms with E-state index in [1.54, 1.807) is 27.7 Å². The molecular weight excluding hydrogens is 374 g/mol. The van der Waals surface area contributed by atoms with Gasteiger partial charge < -0.3 is 29.6 Å². The Kier molecular flexibility index (Phi) is 3.81. The number of carbonyl (C=O) groups is 1. The Morgan fingerprint density at radius 3 is 1.54 bits per heavy atom. The van der Waals surface area contributed by atoms with Crippen molar-refractivity contribution >= 4 is 17.4 Å². The van der Waals surface area contributed by atoms with Crippen LogP contribution in [0, 0.1) is 11.6 Å². The largest absolute Gasteiger partial charge is 0.449 e. The van der Waals surface area contributed by atoms with Crippen molar-refractivity contribution in [2.45, 2.75) is 39.3 Å². The molecule has 0 bridgehead atoms. The summed E-state index contributed by atoms with van der Waals surface area (Å²) in [5.41, 5.74) is -0.433. The summed E-state index contributed by atoms with van der Waals surface area (Å²) in [6, 6.07) is 4.19. The molecule has 7 nitrogen and oxygen atoms in total. The number of hydrogen-bond acceptors (Lipinski definition) is 5. The maximum atomic E-state index is 14.3. The minimum atomic E-state index is -1.01. The second-order valence-corrected chi connectivity index (χ2v) is 7.29. The van der Waals surface area contributed by atoms with E-state index in [-0.39, 0.29) is 34.4 Å². The van der Waals surface area contributed by atoms with Gasteiger partial charge in [0.15, 0.2) is 34.6 Å². The molecule has 148 valence electrons. The summed E-state index contributed by atoms with van der Waals surface area (Å²) in [6.45, 7) is 6.60. The van der Waals surface area contributed by atoms with Crippen molar-refractivity contribution in [3.05, 3.63) is 35.9 Å². The molecule has 4 rings (SSSR count). The number of carbonyl (C=O) groups excluding carboxylic acids is 1. The number of ether oxygens (including phenoxy) is 4. The highest BCUT2D eigenvalue weighted by atomic mass is 19.1. The van der Waals surface area contributed by atoms with Gasteiger partial charge in [-0.1, -0.05) is 0 Å². The first kappa shape index (κ1) is 18.1. The van der Waals surface area contributed by atoms with Crippen molar-refractivity contribution in [1.29, 1.82) is 0 Å². The molecule has 0 unspecified atom stereocenters. The van der Waals surface area contributed by atoms with Crippen molar-refractivity contribution in [2.75, 3.05) is 10.6 Å². The van der Waals surface area contributed by atoms with Crippen LogP contribution in [0.5, 0.6) is 23.0 Å². The van der Waals surface area contributed by atoms with Gasteiger partial charge in [-0.25, -0.2) is 13.6 Å². The second kappa shape index (κ2) is 5.88. The molecule has 2 N–H and O–H groups in total. The summed E-state index contributed by atoms with van der Waals surface area (Å²) in [5, 5.41) is 4.69. The Balaban J connectivity index is 1.60. The van der Waals surface area contributed by atoms with E-state index in [9.17, 15) is 13.6 Å². The minimum absolute atomic E-state index is 0.0552. The highest BCUT2D eigenvalue weighted by Gasteiger charge is 2.37. The number of nitrogens with one attached hydrogen (secondary N) is 2. The molecule has 9 heteroatoms. The molecule has 0 spiro atoms. The van der Waals surface area contributed by atoms with Gasteiger partial charge in [0.25, 0.3) is 0 Å². The molecule has 0 saturated carbocycles. The Morgan fingerprint density at radius 1 is 0.750 bits per heavy atom. The molecule has 0 aliphatic carbocycles. The zero-order valence-electron chi connectivity index (χ0n) is 15.6. The first-order valence-corrected chi connectivity index (χ1v) is 8.54. The predicted octanol–water partition coefficient (Wildman–Crippen LogP) is 4.62.